The van der Waals surface area contributed by atoms with E-state index in [1.165, 1.54) is 29.4 Å². The van der Waals surface area contributed by atoms with Crippen LogP contribution in [0.5, 0.6) is 5.88 Å². The Morgan fingerprint density at radius 2 is 1.89 bits per heavy atom. The van der Waals surface area contributed by atoms with Crippen molar-refractivity contribution in [1.29, 1.82) is 0 Å². The van der Waals surface area contributed by atoms with Gasteiger partial charge in [0.25, 0.3) is 0 Å². The van der Waals surface area contributed by atoms with E-state index >= 15 is 4.39 Å². The Hall–Kier alpha value is -4.39. The van der Waals surface area contributed by atoms with Crippen molar-refractivity contribution in [3.63, 3.8) is 0 Å². The van der Waals surface area contributed by atoms with Crippen molar-refractivity contribution < 1.29 is 38.1 Å². The minimum atomic E-state index is -1.18. The van der Waals surface area contributed by atoms with Crippen LogP contribution in [0.15, 0.2) is 24.5 Å². The molecule has 2 aromatic heterocycles. The zero-order valence-electron chi connectivity index (χ0n) is 25.6. The molecule has 2 atom stereocenters. The maximum absolute atomic E-state index is 15.6. The number of carbonyl (C=O) groups is 3. The lowest BCUT2D eigenvalue weighted by Gasteiger charge is -2.37. The summed E-state index contributed by atoms with van der Waals surface area (Å²) in [5.41, 5.74) is 0.440. The van der Waals surface area contributed by atoms with Gasteiger partial charge in [-0.05, 0) is 70.0 Å². The highest BCUT2D eigenvalue weighted by atomic mass is 35.5. The fourth-order valence-electron chi connectivity index (χ4n) is 5.69. The van der Waals surface area contributed by atoms with Gasteiger partial charge in [0, 0.05) is 36.0 Å². The van der Waals surface area contributed by atoms with Crippen LogP contribution in [-0.4, -0.2) is 76.2 Å². The molecule has 1 aliphatic heterocycles. The molecule has 3 amide bonds. The highest BCUT2D eigenvalue weighted by Gasteiger charge is 2.35. The smallest absolute Gasteiger partial charge is 0.413 e. The van der Waals surface area contributed by atoms with Crippen molar-refractivity contribution in [2.45, 2.75) is 71.1 Å². The molecule has 12 nitrogen and oxygen atoms in total. The van der Waals surface area contributed by atoms with Crippen molar-refractivity contribution in [2.75, 3.05) is 30.4 Å². The Morgan fingerprint density at radius 1 is 1.16 bits per heavy atom. The van der Waals surface area contributed by atoms with Gasteiger partial charge in [0.2, 0.25) is 5.88 Å². The summed E-state index contributed by atoms with van der Waals surface area (Å²) in [6, 6.07) is 2.71. The van der Waals surface area contributed by atoms with Crippen molar-refractivity contribution in [2.24, 2.45) is 0 Å². The number of carbonyl (C=O) groups excluding carboxylic acids is 2. The number of halogens is 2. The van der Waals surface area contributed by atoms with Gasteiger partial charge >= 0.3 is 18.3 Å². The van der Waals surface area contributed by atoms with Crippen LogP contribution in [0.3, 0.4) is 0 Å². The standard InChI is InChI=1S/C31H35ClFN5O7/c1-16-19(14-35-27-26(16)38(29(40)41)10-11-43-27)18-12-17-13-23(34-15-20(17)24(32)25(18)33)36-28(39)44-22-9-7-6-8-21(22)37(5)30(42)45-31(2,3)4/h12-15,21-22H,6-11H2,1-5H3,(H,40,41)(H,34,36,39)/t21-,22-/m1/s1. The normalized spacial score (nSPS) is 18.1. The Balaban J connectivity index is 1.39. The van der Waals surface area contributed by atoms with Gasteiger partial charge < -0.3 is 24.2 Å². The molecule has 45 heavy (non-hydrogen) atoms. The van der Waals surface area contributed by atoms with Crippen LogP contribution < -0.4 is 15.0 Å². The van der Waals surface area contributed by atoms with E-state index in [2.05, 4.69) is 15.3 Å². The summed E-state index contributed by atoms with van der Waals surface area (Å²) in [7, 11) is 1.63. The van der Waals surface area contributed by atoms with E-state index in [-0.39, 0.29) is 47.2 Å². The SMILES string of the molecule is Cc1c(-c2cc3cc(NC(=O)O[C@@H]4CCCC[C@H]4N(C)C(=O)OC(C)(C)C)ncc3c(Cl)c2F)cnc2c1N(C(=O)O)CCO2. The minimum Gasteiger partial charge on any atom is -0.474 e. The van der Waals surface area contributed by atoms with E-state index in [9.17, 15) is 19.5 Å². The summed E-state index contributed by atoms with van der Waals surface area (Å²) in [6.07, 6.45) is 2.72. The van der Waals surface area contributed by atoms with Crippen LogP contribution in [0.1, 0.15) is 52.0 Å². The zero-order valence-corrected chi connectivity index (χ0v) is 26.4. The number of aromatic nitrogens is 2. The second-order valence-electron chi connectivity index (χ2n) is 12.1. The van der Waals surface area contributed by atoms with E-state index < -0.39 is 35.8 Å². The van der Waals surface area contributed by atoms with E-state index in [1.54, 1.807) is 34.7 Å². The number of hydrogen-bond donors (Lipinski definition) is 2. The number of benzene rings is 1. The largest absolute Gasteiger partial charge is 0.474 e. The third-order valence-corrected chi connectivity index (χ3v) is 8.22. The fraction of sp³-hybridized carbons (Fsp3) is 0.452. The lowest BCUT2D eigenvalue weighted by Crippen LogP contribution is -2.49. The van der Waals surface area contributed by atoms with Gasteiger partial charge in [-0.2, -0.15) is 0 Å². The average Bonchev–Trinajstić information content (AvgIpc) is 2.98. The molecule has 3 heterocycles. The molecular weight excluding hydrogens is 609 g/mol. The Morgan fingerprint density at radius 3 is 2.60 bits per heavy atom. The summed E-state index contributed by atoms with van der Waals surface area (Å²) in [6.45, 7) is 7.27. The molecule has 1 fully saturated rings. The summed E-state index contributed by atoms with van der Waals surface area (Å²) in [4.78, 5) is 48.6. The highest BCUT2D eigenvalue weighted by Crippen LogP contribution is 2.42. The second-order valence-corrected chi connectivity index (χ2v) is 12.5. The molecule has 14 heteroatoms. The number of carboxylic acid groups (broad SMARTS) is 1. The van der Waals surface area contributed by atoms with Crippen LogP contribution in [0.2, 0.25) is 5.02 Å². The molecule has 0 unspecified atom stereocenters. The van der Waals surface area contributed by atoms with Crippen LogP contribution in [0.25, 0.3) is 21.9 Å². The van der Waals surface area contributed by atoms with Crippen LogP contribution in [0, 0.1) is 12.7 Å². The number of nitrogens with one attached hydrogen (secondary N) is 1. The summed E-state index contributed by atoms with van der Waals surface area (Å²) in [5, 5.41) is 12.9. The first kappa shape index (κ1) is 32.0. The number of ether oxygens (including phenoxy) is 3. The third-order valence-electron chi connectivity index (χ3n) is 7.85. The molecule has 0 saturated heterocycles. The Kier molecular flexibility index (Phi) is 8.92. The van der Waals surface area contributed by atoms with Crippen LogP contribution in [0.4, 0.5) is 30.3 Å². The highest BCUT2D eigenvalue weighted by molar-refractivity contribution is 6.36. The van der Waals surface area contributed by atoms with Crippen molar-refractivity contribution in [3.8, 4) is 17.0 Å². The molecule has 240 valence electrons. The minimum absolute atomic E-state index is 0.0890. The number of rotatable bonds is 4. The van der Waals surface area contributed by atoms with Gasteiger partial charge in [-0.25, -0.2) is 28.7 Å². The molecule has 0 spiro atoms. The molecule has 2 N–H and O–H groups in total. The van der Waals surface area contributed by atoms with Crippen molar-refractivity contribution in [1.82, 2.24) is 14.9 Å². The predicted molar refractivity (Wildman–Crippen MR) is 166 cm³/mol. The molecule has 1 saturated carbocycles. The lowest BCUT2D eigenvalue weighted by atomic mass is 9.91. The third kappa shape index (κ3) is 6.68. The average molecular weight is 644 g/mol. The molecule has 1 aromatic carbocycles. The number of likely N-dealkylation sites (N-methyl/N-ethyl adjacent to an activating group) is 1. The maximum Gasteiger partial charge on any atom is 0.413 e. The van der Waals surface area contributed by atoms with Crippen molar-refractivity contribution in [3.05, 3.63) is 40.9 Å². The topological polar surface area (TPSA) is 143 Å². The molecular formula is C31H35ClFN5O7. The molecule has 2 aliphatic rings. The van der Waals surface area contributed by atoms with E-state index in [0.29, 0.717) is 34.7 Å². The number of anilines is 2. The molecule has 0 bridgehead atoms. The summed E-state index contributed by atoms with van der Waals surface area (Å²) in [5.74, 6) is -0.449. The van der Waals surface area contributed by atoms with E-state index in [1.807, 2.05) is 0 Å². The van der Waals surface area contributed by atoms with E-state index in [0.717, 1.165) is 17.7 Å². The summed E-state index contributed by atoms with van der Waals surface area (Å²) < 4.78 is 32.4. The predicted octanol–water partition coefficient (Wildman–Crippen LogP) is 7.00. The second kappa shape index (κ2) is 12.5. The number of amides is 3. The van der Waals surface area contributed by atoms with Crippen LogP contribution >= 0.6 is 11.6 Å². The quantitative estimate of drug-likeness (QED) is 0.307. The molecule has 0 radical (unpaired) electrons. The van der Waals surface area contributed by atoms with Gasteiger partial charge in [-0.15, -0.1) is 0 Å². The van der Waals surface area contributed by atoms with Gasteiger partial charge in [-0.1, -0.05) is 18.0 Å². The number of fused-ring (bicyclic) bond motifs is 2. The zero-order chi connectivity index (χ0) is 32.6. The Labute approximate surface area is 264 Å². The first-order valence-electron chi connectivity index (χ1n) is 14.6. The monoisotopic (exact) mass is 643 g/mol. The first-order chi connectivity index (χ1) is 21.2. The van der Waals surface area contributed by atoms with E-state index in [4.69, 9.17) is 25.8 Å². The van der Waals surface area contributed by atoms with Crippen LogP contribution in [-0.2, 0) is 9.47 Å². The van der Waals surface area contributed by atoms with Gasteiger partial charge in [0.05, 0.1) is 17.6 Å². The Bertz CT molecular complexity index is 1660. The van der Waals surface area contributed by atoms with Crippen molar-refractivity contribution >= 4 is 52.2 Å². The fourth-order valence-corrected chi connectivity index (χ4v) is 5.95. The molecule has 3 aromatic rings. The van der Waals surface area contributed by atoms with Gasteiger partial charge in [0.15, 0.2) is 0 Å². The lowest BCUT2D eigenvalue weighted by molar-refractivity contribution is -0.0123. The first-order valence-corrected chi connectivity index (χ1v) is 15.0. The summed E-state index contributed by atoms with van der Waals surface area (Å²) >= 11 is 6.43. The number of nitrogens with zero attached hydrogens (tertiary/aromatic N) is 4. The molecule has 1 aliphatic carbocycles. The number of pyridine rings is 2. The van der Waals surface area contributed by atoms with Gasteiger partial charge in [0.1, 0.15) is 35.6 Å². The number of hydrogen-bond acceptors (Lipinski definition) is 8. The maximum atomic E-state index is 15.6. The van der Waals surface area contributed by atoms with Gasteiger partial charge in [-0.3, -0.25) is 10.2 Å². The molecule has 5 rings (SSSR count).